The fraction of sp³-hybridized carbons (Fsp3) is 0. The number of rotatable bonds is 3. The maximum atomic E-state index is 6.81. The van der Waals surface area contributed by atoms with Crippen LogP contribution in [0.4, 0.5) is 0 Å². The molecule has 0 bridgehead atoms. The summed E-state index contributed by atoms with van der Waals surface area (Å²) in [6.07, 6.45) is 0. The fourth-order valence-corrected chi connectivity index (χ4v) is 8.71. The molecule has 2 nitrogen and oxygen atoms in total. The van der Waals surface area contributed by atoms with Crippen molar-refractivity contribution in [2.75, 3.05) is 0 Å². The van der Waals surface area contributed by atoms with Gasteiger partial charge in [-0.25, -0.2) is 0 Å². The Morgan fingerprint density at radius 3 is 1.07 bits per heavy atom. The molecule has 0 fully saturated rings. The van der Waals surface area contributed by atoms with Crippen LogP contribution < -0.4 is 9.47 Å². The van der Waals surface area contributed by atoms with Gasteiger partial charge >= 0.3 is 0 Å². The molecule has 2 heteroatoms. The molecule has 0 atom stereocenters. The van der Waals surface area contributed by atoms with Crippen LogP contribution in [-0.4, -0.2) is 0 Å². The predicted molar refractivity (Wildman–Crippen MR) is 224 cm³/mol. The normalized spacial score (nSPS) is 12.4. The number of benzene rings is 10. The predicted octanol–water partition coefficient (Wildman–Crippen LogP) is 14.8. The average molecular weight is 687 g/mol. The second-order valence-electron chi connectivity index (χ2n) is 14.5. The van der Waals surface area contributed by atoms with Gasteiger partial charge in [-0.3, -0.25) is 0 Å². The molecule has 250 valence electrons. The smallest absolute Gasteiger partial charge is 0.136 e. The Kier molecular flexibility index (Phi) is 6.09. The molecule has 0 saturated heterocycles. The van der Waals surface area contributed by atoms with Crippen molar-refractivity contribution >= 4 is 43.1 Å². The van der Waals surface area contributed by atoms with E-state index in [4.69, 9.17) is 9.47 Å². The van der Waals surface area contributed by atoms with Crippen molar-refractivity contribution < 1.29 is 9.47 Å². The molecule has 0 radical (unpaired) electrons. The molecule has 2 aliphatic rings. The van der Waals surface area contributed by atoms with Gasteiger partial charge in [-0.05, 0) is 137 Å². The lowest BCUT2D eigenvalue weighted by molar-refractivity contribution is 0.486. The van der Waals surface area contributed by atoms with Crippen molar-refractivity contribution in [3.8, 4) is 78.6 Å². The van der Waals surface area contributed by atoms with Crippen molar-refractivity contribution in [3.05, 3.63) is 182 Å². The highest BCUT2D eigenvalue weighted by Crippen LogP contribution is 2.51. The molecule has 12 rings (SSSR count). The van der Waals surface area contributed by atoms with Crippen molar-refractivity contribution in [2.45, 2.75) is 0 Å². The minimum absolute atomic E-state index is 0.858. The van der Waals surface area contributed by atoms with Gasteiger partial charge in [0, 0.05) is 21.9 Å². The summed E-state index contributed by atoms with van der Waals surface area (Å²) in [4.78, 5) is 0. The third-order valence-electron chi connectivity index (χ3n) is 11.4. The minimum Gasteiger partial charge on any atom is -0.456 e. The molecule has 0 aromatic heterocycles. The van der Waals surface area contributed by atoms with E-state index in [1.807, 2.05) is 0 Å². The highest BCUT2D eigenvalue weighted by Gasteiger charge is 2.24. The van der Waals surface area contributed by atoms with Crippen LogP contribution in [0, 0.1) is 0 Å². The number of hydrogen-bond donors (Lipinski definition) is 0. The number of ether oxygens (including phenoxy) is 2. The van der Waals surface area contributed by atoms with E-state index in [0.717, 1.165) is 67.2 Å². The van der Waals surface area contributed by atoms with E-state index in [1.54, 1.807) is 0 Å². The van der Waals surface area contributed by atoms with E-state index < -0.39 is 0 Å². The average Bonchev–Trinajstić information content (AvgIpc) is 3.23. The monoisotopic (exact) mass is 686 g/mol. The summed E-state index contributed by atoms with van der Waals surface area (Å²) in [6, 6.07) is 65.6. The van der Waals surface area contributed by atoms with E-state index in [1.165, 1.54) is 54.6 Å². The standard InChI is InChI=1S/C52H30O2/c1-3-9-33-23-35(17-15-31(33)7-1)41-25-39-11-5-13-45-43-21-19-37(27-47(43)53-49(29-41)51(39)45)38-20-22-44-46-14-6-12-40-26-42(30-50(52(40)46)54-48(44)28-38)36-18-16-32-8-2-4-10-34(32)24-36/h1-30H. The third-order valence-corrected chi connectivity index (χ3v) is 11.4. The van der Waals surface area contributed by atoms with E-state index >= 15 is 0 Å². The fourth-order valence-electron chi connectivity index (χ4n) is 8.71. The lowest BCUT2D eigenvalue weighted by Crippen LogP contribution is -1.99. The van der Waals surface area contributed by atoms with Gasteiger partial charge in [-0.1, -0.05) is 121 Å². The van der Waals surface area contributed by atoms with Crippen molar-refractivity contribution in [1.29, 1.82) is 0 Å². The molecule has 0 N–H and O–H groups in total. The van der Waals surface area contributed by atoms with Gasteiger partial charge in [0.25, 0.3) is 0 Å². The van der Waals surface area contributed by atoms with Crippen LogP contribution >= 0.6 is 0 Å². The van der Waals surface area contributed by atoms with E-state index in [-0.39, 0.29) is 0 Å². The first-order valence-electron chi connectivity index (χ1n) is 18.5. The topological polar surface area (TPSA) is 18.5 Å². The zero-order valence-electron chi connectivity index (χ0n) is 29.1. The Morgan fingerprint density at radius 2 is 0.593 bits per heavy atom. The maximum absolute atomic E-state index is 6.81. The van der Waals surface area contributed by atoms with Gasteiger partial charge in [0.1, 0.15) is 23.0 Å². The quantitative estimate of drug-likeness (QED) is 0.184. The molecule has 0 aliphatic carbocycles. The Morgan fingerprint density at radius 1 is 0.222 bits per heavy atom. The lowest BCUT2D eigenvalue weighted by atomic mass is 9.89. The Labute approximate surface area is 312 Å². The zero-order valence-corrected chi connectivity index (χ0v) is 29.1. The number of hydrogen-bond acceptors (Lipinski definition) is 2. The maximum Gasteiger partial charge on any atom is 0.136 e. The second-order valence-corrected chi connectivity index (χ2v) is 14.5. The van der Waals surface area contributed by atoms with Crippen LogP contribution in [0.25, 0.3) is 98.7 Å². The first kappa shape index (κ1) is 29.4. The lowest BCUT2D eigenvalue weighted by Gasteiger charge is -2.24. The van der Waals surface area contributed by atoms with Gasteiger partial charge in [-0.2, -0.15) is 0 Å². The van der Waals surface area contributed by atoms with Crippen molar-refractivity contribution in [2.24, 2.45) is 0 Å². The zero-order chi connectivity index (χ0) is 35.3. The SMILES string of the molecule is c1ccc2cc(-c3cc4c5c(cccc5c3)-c3ccc(-c5ccc6c(c5)Oc5cc(-c7ccc8ccccc8c7)cc7cccc-6c57)cc3O4)ccc2c1. The van der Waals surface area contributed by atoms with Crippen LogP contribution in [0.5, 0.6) is 23.0 Å². The van der Waals surface area contributed by atoms with Crippen LogP contribution in [0.2, 0.25) is 0 Å². The molecule has 0 unspecified atom stereocenters. The van der Waals surface area contributed by atoms with E-state index in [9.17, 15) is 0 Å². The number of fused-ring (bicyclic) bond motifs is 6. The van der Waals surface area contributed by atoms with Crippen LogP contribution in [0.1, 0.15) is 0 Å². The molecular formula is C52H30O2. The Bertz CT molecular complexity index is 3010. The summed E-state index contributed by atoms with van der Waals surface area (Å²) < 4.78 is 13.6. The minimum atomic E-state index is 0.858. The Hall–Kier alpha value is -7.16. The van der Waals surface area contributed by atoms with Crippen LogP contribution in [0.15, 0.2) is 182 Å². The highest BCUT2D eigenvalue weighted by molar-refractivity contribution is 6.08. The van der Waals surface area contributed by atoms with Gasteiger partial charge in [-0.15, -0.1) is 0 Å². The van der Waals surface area contributed by atoms with Gasteiger partial charge in [0.2, 0.25) is 0 Å². The second kappa shape index (κ2) is 11.2. The van der Waals surface area contributed by atoms with Crippen LogP contribution in [-0.2, 0) is 0 Å². The van der Waals surface area contributed by atoms with Gasteiger partial charge < -0.3 is 9.47 Å². The summed E-state index contributed by atoms with van der Waals surface area (Å²) >= 11 is 0. The van der Waals surface area contributed by atoms with Gasteiger partial charge in [0.15, 0.2) is 0 Å². The van der Waals surface area contributed by atoms with Gasteiger partial charge in [0.05, 0.1) is 0 Å². The molecular weight excluding hydrogens is 657 g/mol. The largest absolute Gasteiger partial charge is 0.456 e. The molecule has 0 spiro atoms. The van der Waals surface area contributed by atoms with Crippen LogP contribution in [0.3, 0.4) is 0 Å². The molecule has 10 aromatic rings. The van der Waals surface area contributed by atoms with Crippen molar-refractivity contribution in [1.82, 2.24) is 0 Å². The van der Waals surface area contributed by atoms with Crippen molar-refractivity contribution in [3.63, 3.8) is 0 Å². The molecule has 54 heavy (non-hydrogen) atoms. The Balaban J connectivity index is 0.927. The molecule has 10 aromatic carbocycles. The molecule has 0 saturated carbocycles. The molecule has 0 amide bonds. The molecule has 2 aliphatic heterocycles. The molecule has 2 heterocycles. The summed E-state index contributed by atoms with van der Waals surface area (Å²) in [6.45, 7) is 0. The third kappa shape index (κ3) is 4.47. The van der Waals surface area contributed by atoms with E-state index in [0.29, 0.717) is 0 Å². The first-order valence-corrected chi connectivity index (χ1v) is 18.5. The summed E-state index contributed by atoms with van der Waals surface area (Å²) in [5, 5.41) is 9.59. The highest BCUT2D eigenvalue weighted by atomic mass is 16.5. The van der Waals surface area contributed by atoms with E-state index in [2.05, 4.69) is 182 Å². The summed E-state index contributed by atoms with van der Waals surface area (Å²) in [5.41, 5.74) is 11.4. The summed E-state index contributed by atoms with van der Waals surface area (Å²) in [7, 11) is 0. The first-order chi connectivity index (χ1) is 26.7. The summed E-state index contributed by atoms with van der Waals surface area (Å²) in [5.74, 6) is 3.49.